The average molecular weight is 894 g/mol. The number of carbonyl (C=O) groups is 2. The van der Waals surface area contributed by atoms with Crippen LogP contribution < -0.4 is 5.32 Å². The topological polar surface area (TPSA) is 175 Å². The van der Waals surface area contributed by atoms with Crippen LogP contribution in [0.15, 0.2) is 36.5 Å². The molecule has 1 aliphatic heterocycles. The third-order valence-corrected chi connectivity index (χ3v) is 12.0. The summed E-state index contributed by atoms with van der Waals surface area (Å²) in [6.07, 6.45) is 39.4. The number of ether oxygens (including phenoxy) is 3. The molecule has 63 heavy (non-hydrogen) atoms. The second kappa shape index (κ2) is 42.5. The van der Waals surface area contributed by atoms with Gasteiger partial charge in [0.15, 0.2) is 6.29 Å². The number of hydrogen-bond acceptors (Lipinski definition) is 10. The van der Waals surface area contributed by atoms with Crippen LogP contribution in [0.2, 0.25) is 0 Å². The van der Waals surface area contributed by atoms with Gasteiger partial charge in [-0.3, -0.25) is 9.59 Å². The molecule has 7 unspecified atom stereocenters. The van der Waals surface area contributed by atoms with Crippen LogP contribution in [-0.4, -0.2) is 100 Å². The predicted molar refractivity (Wildman–Crippen MR) is 255 cm³/mol. The minimum atomic E-state index is -1.58. The van der Waals surface area contributed by atoms with Crippen molar-refractivity contribution in [1.29, 1.82) is 0 Å². The van der Waals surface area contributed by atoms with E-state index in [0.29, 0.717) is 19.4 Å². The normalized spacial score (nSPS) is 20.3. The van der Waals surface area contributed by atoms with Gasteiger partial charge in [0.05, 0.1) is 32.0 Å². The van der Waals surface area contributed by atoms with Crippen LogP contribution in [0.4, 0.5) is 0 Å². The molecule has 0 aromatic carbocycles. The smallest absolute Gasteiger partial charge is 0.305 e. The Morgan fingerprint density at radius 2 is 1.05 bits per heavy atom. The number of amides is 1. The Morgan fingerprint density at radius 1 is 0.571 bits per heavy atom. The highest BCUT2D eigenvalue weighted by Crippen LogP contribution is 2.23. The molecule has 368 valence electrons. The van der Waals surface area contributed by atoms with Gasteiger partial charge in [0.25, 0.3) is 0 Å². The molecule has 6 N–H and O–H groups in total. The van der Waals surface area contributed by atoms with Gasteiger partial charge in [-0.2, -0.15) is 0 Å². The van der Waals surface area contributed by atoms with Crippen LogP contribution in [0, 0.1) is 0 Å². The van der Waals surface area contributed by atoms with Gasteiger partial charge in [-0.05, 0) is 64.2 Å². The molecule has 0 bridgehead atoms. The summed E-state index contributed by atoms with van der Waals surface area (Å²) in [6, 6.07) is -0.834. The van der Waals surface area contributed by atoms with Crippen molar-refractivity contribution >= 4 is 11.9 Å². The first kappa shape index (κ1) is 58.9. The SMILES string of the molecule is CCCC/C=C\CCCCCCCC(=O)OCCCCCCCCCCCCCCCCC(=O)NC(COC1OC(CO)C(O)C(O)C1O)C(O)/C=C/CC/C=C/CCCCCC. The van der Waals surface area contributed by atoms with Crippen molar-refractivity contribution in [3.05, 3.63) is 36.5 Å². The van der Waals surface area contributed by atoms with Gasteiger partial charge in [-0.25, -0.2) is 0 Å². The lowest BCUT2D eigenvalue weighted by Crippen LogP contribution is -2.60. The van der Waals surface area contributed by atoms with Crippen LogP contribution in [0.3, 0.4) is 0 Å². The van der Waals surface area contributed by atoms with Crippen molar-refractivity contribution < 1.29 is 49.3 Å². The summed E-state index contributed by atoms with van der Waals surface area (Å²) in [6.45, 7) is 4.20. The Bertz CT molecular complexity index is 1150. The third kappa shape index (κ3) is 33.1. The van der Waals surface area contributed by atoms with E-state index in [1.807, 2.05) is 6.08 Å². The summed E-state index contributed by atoms with van der Waals surface area (Å²) in [4.78, 5) is 25.0. The van der Waals surface area contributed by atoms with Crippen LogP contribution in [0.25, 0.3) is 0 Å². The molecule has 0 saturated carbocycles. The molecule has 0 spiro atoms. The maximum absolute atomic E-state index is 13.0. The van der Waals surface area contributed by atoms with Gasteiger partial charge in [-0.1, -0.05) is 179 Å². The van der Waals surface area contributed by atoms with E-state index in [4.69, 9.17) is 14.2 Å². The number of nitrogens with one attached hydrogen (secondary N) is 1. The van der Waals surface area contributed by atoms with Crippen LogP contribution in [0.1, 0.15) is 219 Å². The summed E-state index contributed by atoms with van der Waals surface area (Å²) >= 11 is 0. The molecule has 0 aromatic heterocycles. The molecule has 0 radical (unpaired) electrons. The Morgan fingerprint density at radius 3 is 1.62 bits per heavy atom. The monoisotopic (exact) mass is 894 g/mol. The van der Waals surface area contributed by atoms with Crippen molar-refractivity contribution in [3.8, 4) is 0 Å². The van der Waals surface area contributed by atoms with Crippen molar-refractivity contribution in [1.82, 2.24) is 5.32 Å². The molecule has 11 heteroatoms. The first-order chi connectivity index (χ1) is 30.7. The van der Waals surface area contributed by atoms with Crippen molar-refractivity contribution in [2.45, 2.75) is 262 Å². The average Bonchev–Trinajstić information content (AvgIpc) is 3.28. The summed E-state index contributed by atoms with van der Waals surface area (Å²) in [5.41, 5.74) is 0. The molecule has 1 saturated heterocycles. The molecule has 0 aromatic rings. The third-order valence-electron chi connectivity index (χ3n) is 12.0. The van der Waals surface area contributed by atoms with Crippen molar-refractivity contribution in [2.75, 3.05) is 19.8 Å². The van der Waals surface area contributed by atoms with Gasteiger partial charge in [0.1, 0.15) is 24.4 Å². The molecule has 1 amide bonds. The lowest BCUT2D eigenvalue weighted by atomic mass is 9.99. The molecule has 7 atom stereocenters. The highest BCUT2D eigenvalue weighted by Gasteiger charge is 2.44. The van der Waals surface area contributed by atoms with Crippen LogP contribution in [-0.2, 0) is 23.8 Å². The fourth-order valence-electron chi connectivity index (χ4n) is 7.78. The van der Waals surface area contributed by atoms with Gasteiger partial charge < -0.3 is 45.1 Å². The molecule has 1 rings (SSSR count). The number of allylic oxidation sites excluding steroid dienone is 5. The summed E-state index contributed by atoms with van der Waals surface area (Å²) in [5.74, 6) is -0.241. The molecule has 1 heterocycles. The van der Waals surface area contributed by atoms with E-state index in [0.717, 1.165) is 70.6 Å². The molecular formula is C52H95NO10. The largest absolute Gasteiger partial charge is 0.466 e. The first-order valence-corrected chi connectivity index (χ1v) is 25.8. The quantitative estimate of drug-likeness (QED) is 0.0196. The van der Waals surface area contributed by atoms with E-state index in [2.05, 4.69) is 43.5 Å². The number of hydrogen-bond donors (Lipinski definition) is 6. The summed E-state index contributed by atoms with van der Waals surface area (Å²) in [5, 5.41) is 54.1. The highest BCUT2D eigenvalue weighted by atomic mass is 16.7. The van der Waals surface area contributed by atoms with Crippen molar-refractivity contribution in [2.24, 2.45) is 0 Å². The number of carbonyl (C=O) groups excluding carboxylic acids is 2. The lowest BCUT2D eigenvalue weighted by Gasteiger charge is -2.40. The minimum Gasteiger partial charge on any atom is -0.466 e. The fraction of sp³-hybridized carbons (Fsp3) is 0.846. The van der Waals surface area contributed by atoms with Gasteiger partial charge in [0, 0.05) is 12.8 Å². The molecule has 1 aliphatic rings. The Balaban J connectivity index is 2.15. The maximum Gasteiger partial charge on any atom is 0.305 e. The molecule has 11 nitrogen and oxygen atoms in total. The lowest BCUT2D eigenvalue weighted by molar-refractivity contribution is -0.302. The Kier molecular flexibility index (Phi) is 39.7. The van der Waals surface area contributed by atoms with Gasteiger partial charge >= 0.3 is 5.97 Å². The number of unbranched alkanes of at least 4 members (excludes halogenated alkanes) is 25. The Labute approximate surface area is 383 Å². The van der Waals surface area contributed by atoms with E-state index >= 15 is 0 Å². The number of rotatable bonds is 43. The van der Waals surface area contributed by atoms with Crippen LogP contribution in [0.5, 0.6) is 0 Å². The van der Waals surface area contributed by atoms with E-state index in [9.17, 15) is 35.1 Å². The van der Waals surface area contributed by atoms with Crippen LogP contribution >= 0.6 is 0 Å². The highest BCUT2D eigenvalue weighted by molar-refractivity contribution is 5.76. The molecule has 1 fully saturated rings. The zero-order chi connectivity index (χ0) is 46.0. The zero-order valence-electron chi connectivity index (χ0n) is 40.0. The van der Waals surface area contributed by atoms with E-state index in [-0.39, 0.29) is 18.5 Å². The van der Waals surface area contributed by atoms with E-state index < -0.39 is 49.5 Å². The van der Waals surface area contributed by atoms with Gasteiger partial charge in [-0.15, -0.1) is 0 Å². The second-order valence-corrected chi connectivity index (χ2v) is 17.9. The molecular weight excluding hydrogens is 799 g/mol. The van der Waals surface area contributed by atoms with E-state index in [1.54, 1.807) is 6.08 Å². The minimum absolute atomic E-state index is 0.0357. The maximum atomic E-state index is 13.0. The summed E-state index contributed by atoms with van der Waals surface area (Å²) in [7, 11) is 0. The standard InChI is InChI=1S/C52H95NO10/c1-3-5-7-9-11-13-19-24-28-32-36-40-48(57)61-41-37-33-29-25-21-18-16-15-17-20-23-27-31-35-39-47(56)53-44(43-62-52-51(60)50(59)49(58)46(42-54)63-52)45(55)38-34-30-26-22-14-12-10-8-6-4-2/h9,11,14,22,34,38,44-46,49-52,54-55,58-60H,3-8,10,12-13,15-21,23-33,35-37,39-43H2,1-2H3,(H,53,56)/b11-9-,22-14+,38-34+. The number of aliphatic hydroxyl groups is 5. The van der Waals surface area contributed by atoms with E-state index in [1.165, 1.54) is 122 Å². The fourth-order valence-corrected chi connectivity index (χ4v) is 7.78. The number of aliphatic hydroxyl groups excluding tert-OH is 5. The predicted octanol–water partition coefficient (Wildman–Crippen LogP) is 10.4. The second-order valence-electron chi connectivity index (χ2n) is 17.9. The molecule has 0 aliphatic carbocycles. The zero-order valence-corrected chi connectivity index (χ0v) is 40.0. The van der Waals surface area contributed by atoms with Crippen molar-refractivity contribution in [3.63, 3.8) is 0 Å². The Hall–Kier alpha value is -2.12. The summed E-state index contributed by atoms with van der Waals surface area (Å²) < 4.78 is 16.6. The number of esters is 1. The first-order valence-electron chi connectivity index (χ1n) is 25.8. The van der Waals surface area contributed by atoms with Gasteiger partial charge in [0.2, 0.25) is 5.91 Å².